The number of methoxy groups -OCH3 is 2. The Morgan fingerprint density at radius 1 is 1.07 bits per heavy atom. The monoisotopic (exact) mass is 434 g/mol. The Balaban J connectivity index is 2.33. The van der Waals surface area contributed by atoms with Gasteiger partial charge in [0.25, 0.3) is 0 Å². The number of rotatable bonds is 9. The topological polar surface area (TPSA) is 84.9 Å². The first kappa shape index (κ1) is 23.5. The van der Waals surface area contributed by atoms with Crippen LogP contribution in [-0.2, 0) is 21.2 Å². The van der Waals surface area contributed by atoms with Crippen LogP contribution in [0.1, 0.15) is 37.9 Å². The van der Waals surface area contributed by atoms with Crippen LogP contribution < -0.4 is 19.1 Å². The minimum Gasteiger partial charge on any atom is -0.497 e. The van der Waals surface area contributed by atoms with Crippen LogP contribution in [0.3, 0.4) is 0 Å². The van der Waals surface area contributed by atoms with Crippen molar-refractivity contribution in [3.05, 3.63) is 53.6 Å². The molecular formula is C22H30N2O5S. The number of aryl methyl sites for hydroxylation is 1. The molecule has 2 atom stereocenters. The summed E-state index contributed by atoms with van der Waals surface area (Å²) in [6, 6.07) is 11.5. The van der Waals surface area contributed by atoms with Crippen molar-refractivity contribution in [2.24, 2.45) is 0 Å². The van der Waals surface area contributed by atoms with Crippen molar-refractivity contribution in [2.75, 3.05) is 24.8 Å². The van der Waals surface area contributed by atoms with Crippen molar-refractivity contribution in [3.8, 4) is 11.5 Å². The van der Waals surface area contributed by atoms with E-state index >= 15 is 0 Å². The number of sulfonamides is 1. The van der Waals surface area contributed by atoms with Crippen molar-refractivity contribution < 1.29 is 22.7 Å². The number of carbonyl (C=O) groups excluding carboxylic acids is 1. The van der Waals surface area contributed by atoms with Crippen molar-refractivity contribution in [3.63, 3.8) is 0 Å². The van der Waals surface area contributed by atoms with Crippen molar-refractivity contribution in [2.45, 2.75) is 39.3 Å². The third kappa shape index (κ3) is 5.44. The zero-order valence-corrected chi connectivity index (χ0v) is 19.1. The van der Waals surface area contributed by atoms with Gasteiger partial charge >= 0.3 is 0 Å². The van der Waals surface area contributed by atoms with E-state index in [-0.39, 0.29) is 11.7 Å². The SMILES string of the molecule is CCc1ccc(C(C)NC(=O)C(C)N(c2cc(OC)ccc2OC)S(C)(=O)=O)cc1. The summed E-state index contributed by atoms with van der Waals surface area (Å²) >= 11 is 0. The number of amides is 1. The third-order valence-electron chi connectivity index (χ3n) is 4.96. The van der Waals surface area contributed by atoms with Crippen LogP contribution in [0.15, 0.2) is 42.5 Å². The molecular weight excluding hydrogens is 404 g/mol. The maximum atomic E-state index is 13.0. The second-order valence-electron chi connectivity index (χ2n) is 7.10. The zero-order chi connectivity index (χ0) is 22.5. The van der Waals surface area contributed by atoms with Crippen molar-refractivity contribution >= 4 is 21.6 Å². The largest absolute Gasteiger partial charge is 0.497 e. The highest BCUT2D eigenvalue weighted by molar-refractivity contribution is 7.92. The Kier molecular flexibility index (Phi) is 7.72. The van der Waals surface area contributed by atoms with Gasteiger partial charge in [0.15, 0.2) is 0 Å². The quantitative estimate of drug-likeness (QED) is 0.655. The van der Waals surface area contributed by atoms with Gasteiger partial charge < -0.3 is 14.8 Å². The molecule has 1 N–H and O–H groups in total. The molecule has 1 amide bonds. The Bertz CT molecular complexity index is 974. The van der Waals surface area contributed by atoms with Crippen LogP contribution in [0, 0.1) is 0 Å². The molecule has 0 heterocycles. The molecule has 0 saturated heterocycles. The first-order valence-corrected chi connectivity index (χ1v) is 11.6. The molecule has 0 spiro atoms. The minimum atomic E-state index is -3.79. The predicted octanol–water partition coefficient (Wildman–Crippen LogP) is 3.30. The summed E-state index contributed by atoms with van der Waals surface area (Å²) in [6.07, 6.45) is 1.99. The normalized spacial score (nSPS) is 13.3. The summed E-state index contributed by atoms with van der Waals surface area (Å²) < 4.78 is 36.8. The summed E-state index contributed by atoms with van der Waals surface area (Å²) in [6.45, 7) is 5.49. The number of nitrogens with zero attached hydrogens (tertiary/aromatic N) is 1. The highest BCUT2D eigenvalue weighted by Gasteiger charge is 2.32. The number of ether oxygens (including phenoxy) is 2. The van der Waals surface area contributed by atoms with Gasteiger partial charge in [-0.3, -0.25) is 9.10 Å². The van der Waals surface area contributed by atoms with E-state index in [9.17, 15) is 13.2 Å². The second kappa shape index (κ2) is 9.84. The predicted molar refractivity (Wildman–Crippen MR) is 119 cm³/mol. The molecule has 7 nitrogen and oxygen atoms in total. The van der Waals surface area contributed by atoms with Gasteiger partial charge in [0.1, 0.15) is 17.5 Å². The molecule has 2 aromatic rings. The lowest BCUT2D eigenvalue weighted by atomic mass is 10.0. The molecule has 0 saturated carbocycles. The fourth-order valence-electron chi connectivity index (χ4n) is 3.21. The lowest BCUT2D eigenvalue weighted by molar-refractivity contribution is -0.122. The summed E-state index contributed by atoms with van der Waals surface area (Å²) in [5, 5.41) is 2.90. The number of anilines is 1. The Morgan fingerprint density at radius 3 is 2.20 bits per heavy atom. The maximum absolute atomic E-state index is 13.0. The number of hydrogen-bond acceptors (Lipinski definition) is 5. The first-order chi connectivity index (χ1) is 14.1. The average molecular weight is 435 g/mol. The fraction of sp³-hybridized carbons (Fsp3) is 0.409. The summed E-state index contributed by atoms with van der Waals surface area (Å²) in [7, 11) is -0.865. The molecule has 0 bridgehead atoms. The molecule has 2 aromatic carbocycles. The van der Waals surface area contributed by atoms with E-state index in [0.29, 0.717) is 11.5 Å². The molecule has 164 valence electrons. The molecule has 30 heavy (non-hydrogen) atoms. The van der Waals surface area contributed by atoms with Gasteiger partial charge in [0.2, 0.25) is 15.9 Å². The maximum Gasteiger partial charge on any atom is 0.244 e. The minimum absolute atomic E-state index is 0.238. The molecule has 0 radical (unpaired) electrons. The van der Waals surface area contributed by atoms with Gasteiger partial charge in [-0.05, 0) is 43.5 Å². The van der Waals surface area contributed by atoms with Crippen LogP contribution in [-0.4, -0.2) is 40.8 Å². The lowest BCUT2D eigenvalue weighted by Gasteiger charge is -2.30. The van der Waals surface area contributed by atoms with E-state index in [1.807, 2.05) is 31.2 Å². The van der Waals surface area contributed by atoms with Crippen LogP contribution in [0.25, 0.3) is 0 Å². The lowest BCUT2D eigenvalue weighted by Crippen LogP contribution is -2.48. The van der Waals surface area contributed by atoms with E-state index in [2.05, 4.69) is 12.2 Å². The molecule has 8 heteroatoms. The first-order valence-electron chi connectivity index (χ1n) is 9.73. The number of nitrogens with one attached hydrogen (secondary N) is 1. The molecule has 0 aliphatic rings. The Labute approximate surface area is 179 Å². The van der Waals surface area contributed by atoms with Gasteiger partial charge in [-0.25, -0.2) is 8.42 Å². The molecule has 2 rings (SSSR count). The summed E-state index contributed by atoms with van der Waals surface area (Å²) in [5.41, 5.74) is 2.39. The van der Waals surface area contributed by atoms with Gasteiger partial charge in [-0.1, -0.05) is 31.2 Å². The number of hydrogen-bond donors (Lipinski definition) is 1. The average Bonchev–Trinajstić information content (AvgIpc) is 2.72. The number of benzene rings is 2. The molecule has 0 aliphatic carbocycles. The smallest absolute Gasteiger partial charge is 0.244 e. The standard InChI is InChI=1S/C22H30N2O5S/c1-7-17-8-10-18(11-9-17)15(2)23-22(25)16(3)24(30(6,26)27)20-14-19(28-4)12-13-21(20)29-5/h8-16H,7H2,1-6H3,(H,23,25). The van der Waals surface area contributed by atoms with Gasteiger partial charge in [0.05, 0.1) is 32.2 Å². The van der Waals surface area contributed by atoms with Gasteiger partial charge in [0, 0.05) is 6.07 Å². The van der Waals surface area contributed by atoms with E-state index in [0.717, 1.165) is 22.5 Å². The third-order valence-corrected chi connectivity index (χ3v) is 6.19. The van der Waals surface area contributed by atoms with Crippen LogP contribution in [0.2, 0.25) is 0 Å². The Hall–Kier alpha value is -2.74. The van der Waals surface area contributed by atoms with Crippen LogP contribution >= 0.6 is 0 Å². The Morgan fingerprint density at radius 2 is 1.70 bits per heavy atom. The summed E-state index contributed by atoms with van der Waals surface area (Å²) in [4.78, 5) is 13.0. The highest BCUT2D eigenvalue weighted by atomic mass is 32.2. The molecule has 2 unspecified atom stereocenters. The molecule has 0 fully saturated rings. The zero-order valence-electron chi connectivity index (χ0n) is 18.3. The second-order valence-corrected chi connectivity index (χ2v) is 8.96. The van der Waals surface area contributed by atoms with Gasteiger partial charge in [-0.2, -0.15) is 0 Å². The van der Waals surface area contributed by atoms with Crippen LogP contribution in [0.4, 0.5) is 5.69 Å². The fourth-order valence-corrected chi connectivity index (χ4v) is 4.38. The van der Waals surface area contributed by atoms with Crippen LogP contribution in [0.5, 0.6) is 11.5 Å². The van der Waals surface area contributed by atoms with E-state index < -0.39 is 22.0 Å². The number of carbonyl (C=O) groups is 1. The van der Waals surface area contributed by atoms with E-state index in [1.165, 1.54) is 25.8 Å². The highest BCUT2D eigenvalue weighted by Crippen LogP contribution is 2.35. The van der Waals surface area contributed by atoms with E-state index in [4.69, 9.17) is 9.47 Å². The van der Waals surface area contributed by atoms with Crippen molar-refractivity contribution in [1.82, 2.24) is 5.32 Å². The van der Waals surface area contributed by atoms with Crippen molar-refractivity contribution in [1.29, 1.82) is 0 Å². The molecule has 0 aliphatic heterocycles. The van der Waals surface area contributed by atoms with Gasteiger partial charge in [-0.15, -0.1) is 0 Å². The summed E-state index contributed by atoms with van der Waals surface area (Å²) in [5.74, 6) is 0.359. The van der Waals surface area contributed by atoms with E-state index in [1.54, 1.807) is 19.1 Å². The molecule has 0 aromatic heterocycles.